The maximum atomic E-state index is 13.6. The van der Waals surface area contributed by atoms with Crippen molar-refractivity contribution in [3.63, 3.8) is 0 Å². The molecule has 0 saturated carbocycles. The van der Waals surface area contributed by atoms with Crippen molar-refractivity contribution in [2.24, 2.45) is 5.92 Å². The van der Waals surface area contributed by atoms with E-state index in [-0.39, 0.29) is 23.7 Å². The van der Waals surface area contributed by atoms with Crippen LogP contribution in [0.2, 0.25) is 0 Å². The van der Waals surface area contributed by atoms with Crippen molar-refractivity contribution in [1.29, 1.82) is 0 Å². The molecule has 0 unspecified atom stereocenters. The lowest BCUT2D eigenvalue weighted by Crippen LogP contribution is -2.43. The normalized spacial score (nSPS) is 17.8. The molecule has 2 heterocycles. The Kier molecular flexibility index (Phi) is 7.05. The number of nitrogens with one attached hydrogen (secondary N) is 1. The van der Waals surface area contributed by atoms with E-state index in [0.717, 1.165) is 42.8 Å². The zero-order valence-corrected chi connectivity index (χ0v) is 17.6. The number of hydrogen-bond donors (Lipinski definition) is 1. The molecule has 31 heavy (non-hydrogen) atoms. The predicted molar refractivity (Wildman–Crippen MR) is 120 cm³/mol. The number of pyridine rings is 1. The minimum Gasteiger partial charge on any atom is -0.347 e. The van der Waals surface area contributed by atoms with Crippen molar-refractivity contribution in [1.82, 2.24) is 15.2 Å². The quantitative estimate of drug-likeness (QED) is 0.614. The molecule has 1 fully saturated rings. The van der Waals surface area contributed by atoms with Crippen LogP contribution in [0.1, 0.15) is 35.7 Å². The molecular weight excluding hydrogens is 389 g/mol. The lowest BCUT2D eigenvalue weighted by molar-refractivity contribution is -0.121. The van der Waals surface area contributed by atoms with Gasteiger partial charge >= 0.3 is 0 Å². The lowest BCUT2D eigenvalue weighted by atomic mass is 9.88. The first-order valence-electron chi connectivity index (χ1n) is 10.9. The minimum atomic E-state index is -0.203. The molecule has 0 spiro atoms. The number of aromatic nitrogens is 1. The van der Waals surface area contributed by atoms with E-state index >= 15 is 0 Å². The summed E-state index contributed by atoms with van der Waals surface area (Å²) < 4.78 is 13.6. The van der Waals surface area contributed by atoms with Crippen LogP contribution in [0, 0.1) is 11.7 Å². The number of halogens is 1. The Hall–Kier alpha value is -3.05. The number of benzene rings is 2. The van der Waals surface area contributed by atoms with Gasteiger partial charge in [-0.2, -0.15) is 0 Å². The van der Waals surface area contributed by atoms with Gasteiger partial charge in [0.05, 0.1) is 18.2 Å². The van der Waals surface area contributed by atoms with E-state index in [2.05, 4.69) is 15.2 Å². The van der Waals surface area contributed by atoms with E-state index in [0.29, 0.717) is 13.0 Å². The number of carbonyl (C=O) groups excluding carboxylic acids is 1. The highest BCUT2D eigenvalue weighted by Crippen LogP contribution is 2.30. The van der Waals surface area contributed by atoms with Gasteiger partial charge < -0.3 is 5.32 Å². The molecule has 1 saturated heterocycles. The summed E-state index contributed by atoms with van der Waals surface area (Å²) in [6.45, 7) is 2.52. The molecular formula is C26H28FN3O. The number of likely N-dealkylation sites (tertiary alicyclic amines) is 1. The second kappa shape index (κ2) is 10.3. The van der Waals surface area contributed by atoms with Crippen LogP contribution in [0.4, 0.5) is 4.39 Å². The molecule has 0 radical (unpaired) electrons. The smallest absolute Gasteiger partial charge is 0.224 e. The van der Waals surface area contributed by atoms with Crippen molar-refractivity contribution in [2.45, 2.75) is 31.8 Å². The van der Waals surface area contributed by atoms with Gasteiger partial charge in [-0.25, -0.2) is 4.39 Å². The largest absolute Gasteiger partial charge is 0.347 e. The monoisotopic (exact) mass is 417 g/mol. The highest BCUT2D eigenvalue weighted by molar-refractivity contribution is 5.79. The molecule has 0 bridgehead atoms. The molecule has 4 nitrogen and oxygen atoms in total. The average molecular weight is 418 g/mol. The zero-order valence-electron chi connectivity index (χ0n) is 17.6. The molecule has 0 aliphatic carbocycles. The third-order valence-electron chi connectivity index (χ3n) is 5.84. The van der Waals surface area contributed by atoms with Crippen molar-refractivity contribution >= 4 is 5.91 Å². The maximum Gasteiger partial charge on any atom is 0.224 e. The van der Waals surface area contributed by atoms with E-state index in [1.807, 2.05) is 54.6 Å². The number of carbonyl (C=O) groups is 1. The molecule has 4 rings (SSSR count). The Morgan fingerprint density at radius 3 is 2.65 bits per heavy atom. The second-order valence-electron chi connectivity index (χ2n) is 8.23. The van der Waals surface area contributed by atoms with Crippen LogP contribution < -0.4 is 5.32 Å². The predicted octanol–water partition coefficient (Wildman–Crippen LogP) is 4.53. The molecule has 1 aromatic heterocycles. The summed E-state index contributed by atoms with van der Waals surface area (Å²) >= 11 is 0. The third kappa shape index (κ3) is 5.98. The van der Waals surface area contributed by atoms with Crippen molar-refractivity contribution in [3.05, 3.63) is 102 Å². The maximum absolute atomic E-state index is 13.6. The Morgan fingerprint density at radius 2 is 1.87 bits per heavy atom. The molecule has 1 amide bonds. The third-order valence-corrected chi connectivity index (χ3v) is 5.84. The lowest BCUT2D eigenvalue weighted by Gasteiger charge is -2.37. The standard InChI is InChI=1S/C26H28FN3O/c27-23-12-6-10-21(16-23)18-30-15-7-11-22(19-30)26(24-13-4-5-14-28-24)29-25(31)17-20-8-2-1-3-9-20/h1-6,8-10,12-14,16,22,26H,7,11,15,17-19H2,(H,29,31)/t22-,26+/m1/s1. The van der Waals surface area contributed by atoms with Crippen LogP contribution >= 0.6 is 0 Å². The highest BCUT2D eigenvalue weighted by Gasteiger charge is 2.30. The highest BCUT2D eigenvalue weighted by atomic mass is 19.1. The zero-order chi connectivity index (χ0) is 21.5. The van der Waals surface area contributed by atoms with Crippen molar-refractivity contribution < 1.29 is 9.18 Å². The summed E-state index contributed by atoms with van der Waals surface area (Å²) in [5, 5.41) is 3.26. The minimum absolute atomic E-state index is 0.00380. The molecule has 3 aromatic rings. The molecule has 2 aromatic carbocycles. The fraction of sp³-hybridized carbons (Fsp3) is 0.308. The van der Waals surface area contributed by atoms with E-state index < -0.39 is 0 Å². The van der Waals surface area contributed by atoms with Crippen LogP contribution in [0.25, 0.3) is 0 Å². The summed E-state index contributed by atoms with van der Waals surface area (Å²) in [4.78, 5) is 19.8. The second-order valence-corrected chi connectivity index (χ2v) is 8.23. The Labute approximate surface area is 183 Å². The fourth-order valence-electron chi connectivity index (χ4n) is 4.40. The van der Waals surface area contributed by atoms with Gasteiger partial charge in [0.25, 0.3) is 0 Å². The van der Waals surface area contributed by atoms with Gasteiger partial charge in [0.1, 0.15) is 5.82 Å². The van der Waals surface area contributed by atoms with E-state index in [9.17, 15) is 9.18 Å². The molecule has 1 N–H and O–H groups in total. The fourth-order valence-corrected chi connectivity index (χ4v) is 4.40. The van der Waals surface area contributed by atoms with Crippen molar-refractivity contribution in [3.8, 4) is 0 Å². The van der Waals surface area contributed by atoms with Crippen LogP contribution in [-0.2, 0) is 17.8 Å². The summed E-state index contributed by atoms with van der Waals surface area (Å²) in [6, 6.07) is 22.3. The van der Waals surface area contributed by atoms with Gasteiger partial charge in [-0.1, -0.05) is 48.5 Å². The first-order valence-corrected chi connectivity index (χ1v) is 10.9. The summed E-state index contributed by atoms with van der Waals surface area (Å²) in [5.41, 5.74) is 2.86. The Bertz CT molecular complexity index is 980. The molecule has 160 valence electrons. The summed E-state index contributed by atoms with van der Waals surface area (Å²) in [6.07, 6.45) is 4.19. The Balaban J connectivity index is 1.47. The number of rotatable bonds is 7. The summed E-state index contributed by atoms with van der Waals surface area (Å²) in [5.74, 6) is 0.0478. The SMILES string of the molecule is O=C(Cc1ccccc1)N[C@H](c1ccccn1)[C@@H]1CCCN(Cc2cccc(F)c2)C1. The van der Waals surface area contributed by atoms with Crippen LogP contribution in [0.3, 0.4) is 0 Å². The summed E-state index contributed by atoms with van der Waals surface area (Å²) in [7, 11) is 0. The van der Waals surface area contributed by atoms with Gasteiger partial charge in [-0.05, 0) is 60.7 Å². The first-order chi connectivity index (χ1) is 15.2. The number of nitrogens with zero attached hydrogens (tertiary/aromatic N) is 2. The topological polar surface area (TPSA) is 45.2 Å². The Morgan fingerprint density at radius 1 is 1.06 bits per heavy atom. The average Bonchev–Trinajstić information content (AvgIpc) is 2.79. The van der Waals surface area contributed by atoms with Crippen LogP contribution in [0.15, 0.2) is 79.0 Å². The van der Waals surface area contributed by atoms with Crippen molar-refractivity contribution in [2.75, 3.05) is 13.1 Å². The van der Waals surface area contributed by atoms with Gasteiger partial charge in [-0.3, -0.25) is 14.7 Å². The molecule has 1 aliphatic heterocycles. The van der Waals surface area contributed by atoms with Gasteiger partial charge in [0.2, 0.25) is 5.91 Å². The molecule has 1 aliphatic rings. The van der Waals surface area contributed by atoms with Gasteiger partial charge in [-0.15, -0.1) is 0 Å². The van der Waals surface area contributed by atoms with Crippen LogP contribution in [0.5, 0.6) is 0 Å². The van der Waals surface area contributed by atoms with E-state index in [4.69, 9.17) is 0 Å². The van der Waals surface area contributed by atoms with Gasteiger partial charge in [0.15, 0.2) is 0 Å². The van der Waals surface area contributed by atoms with Gasteiger partial charge in [0, 0.05) is 19.3 Å². The number of amides is 1. The first kappa shape index (κ1) is 21.2. The van der Waals surface area contributed by atoms with E-state index in [1.165, 1.54) is 6.07 Å². The van der Waals surface area contributed by atoms with E-state index in [1.54, 1.807) is 18.3 Å². The van der Waals surface area contributed by atoms with Crippen LogP contribution in [-0.4, -0.2) is 28.9 Å². The molecule has 2 atom stereocenters. The molecule has 5 heteroatoms. The number of piperidine rings is 1. The number of hydrogen-bond acceptors (Lipinski definition) is 3.